The molecule has 5 nitrogen and oxygen atoms in total. The van der Waals surface area contributed by atoms with Crippen molar-refractivity contribution in [3.63, 3.8) is 0 Å². The molecule has 110 valence electrons. The average molecular weight is 270 g/mol. The van der Waals surface area contributed by atoms with Crippen LogP contribution in [0.3, 0.4) is 0 Å². The molecule has 2 aliphatic rings. The molecule has 2 atom stereocenters. The van der Waals surface area contributed by atoms with Gasteiger partial charge in [0, 0.05) is 25.7 Å². The van der Waals surface area contributed by atoms with Gasteiger partial charge in [-0.15, -0.1) is 0 Å². The van der Waals surface area contributed by atoms with Gasteiger partial charge in [0.15, 0.2) is 0 Å². The summed E-state index contributed by atoms with van der Waals surface area (Å²) in [7, 11) is 3.36. The Morgan fingerprint density at radius 1 is 1.26 bits per heavy atom. The van der Waals surface area contributed by atoms with Crippen molar-refractivity contribution in [2.75, 3.05) is 27.3 Å². The quantitative estimate of drug-likeness (QED) is 0.789. The van der Waals surface area contributed by atoms with E-state index >= 15 is 0 Å². The van der Waals surface area contributed by atoms with E-state index in [1.807, 2.05) is 0 Å². The first-order valence-electron chi connectivity index (χ1n) is 7.06. The third-order valence-electron chi connectivity index (χ3n) is 4.98. The number of methoxy groups -OCH3 is 2. The van der Waals surface area contributed by atoms with Gasteiger partial charge in [0.1, 0.15) is 5.60 Å². The zero-order chi connectivity index (χ0) is 14.1. The number of piperidine rings is 1. The highest BCUT2D eigenvalue weighted by molar-refractivity contribution is 5.85. The van der Waals surface area contributed by atoms with E-state index in [0.717, 1.165) is 32.4 Å². The van der Waals surface area contributed by atoms with Crippen LogP contribution in [0.1, 0.15) is 33.1 Å². The molecule has 0 aromatic heterocycles. The van der Waals surface area contributed by atoms with Crippen LogP contribution in [0.4, 0.5) is 0 Å². The number of carbonyl (C=O) groups excluding carboxylic acids is 1. The lowest BCUT2D eigenvalue weighted by molar-refractivity contribution is -0.155. The van der Waals surface area contributed by atoms with Gasteiger partial charge in [0.2, 0.25) is 0 Å². The Balaban J connectivity index is 1.97. The predicted molar refractivity (Wildman–Crippen MR) is 73.0 cm³/mol. The second-order valence-electron chi connectivity index (χ2n) is 6.26. The average Bonchev–Trinajstić information content (AvgIpc) is 2.43. The number of amides is 1. The number of ether oxygens (including phenoxy) is 2. The summed E-state index contributed by atoms with van der Waals surface area (Å²) in [6.07, 6.45) is 2.57. The van der Waals surface area contributed by atoms with E-state index < -0.39 is 5.60 Å². The molecule has 1 saturated heterocycles. The first-order chi connectivity index (χ1) is 8.96. The minimum Gasteiger partial charge on any atom is -0.381 e. The highest BCUT2D eigenvalue weighted by Crippen LogP contribution is 2.42. The van der Waals surface area contributed by atoms with Crippen molar-refractivity contribution in [1.29, 1.82) is 0 Å². The third kappa shape index (κ3) is 2.51. The molecule has 2 unspecified atom stereocenters. The fraction of sp³-hybridized carbons (Fsp3) is 0.929. The molecular weight excluding hydrogens is 244 g/mol. The van der Waals surface area contributed by atoms with E-state index in [9.17, 15) is 4.79 Å². The van der Waals surface area contributed by atoms with Gasteiger partial charge in [-0.25, -0.2) is 0 Å². The maximum atomic E-state index is 12.5. The molecule has 0 aromatic carbocycles. The van der Waals surface area contributed by atoms with Crippen molar-refractivity contribution in [3.05, 3.63) is 0 Å². The summed E-state index contributed by atoms with van der Waals surface area (Å²) in [4.78, 5) is 12.5. The molecule has 1 saturated carbocycles. The lowest BCUT2D eigenvalue weighted by Gasteiger charge is -2.52. The fourth-order valence-corrected chi connectivity index (χ4v) is 3.17. The highest BCUT2D eigenvalue weighted by atomic mass is 16.5. The molecule has 1 amide bonds. The standard InChI is InChI=1S/C14H26N2O3/c1-13(2)10(9-11(13)18-3)16-12(17)14(19-4)5-7-15-8-6-14/h10-11,15H,5-9H2,1-4H3,(H,16,17). The summed E-state index contributed by atoms with van der Waals surface area (Å²) in [6, 6.07) is 0.173. The molecule has 5 heteroatoms. The second kappa shape index (κ2) is 5.38. The van der Waals surface area contributed by atoms with E-state index in [4.69, 9.17) is 9.47 Å². The zero-order valence-corrected chi connectivity index (χ0v) is 12.4. The van der Waals surface area contributed by atoms with Gasteiger partial charge < -0.3 is 20.1 Å². The van der Waals surface area contributed by atoms with Gasteiger partial charge in [-0.05, 0) is 32.4 Å². The summed E-state index contributed by atoms with van der Waals surface area (Å²) in [6.45, 7) is 5.93. The number of carbonyl (C=O) groups is 1. The Hall–Kier alpha value is -0.650. The van der Waals surface area contributed by atoms with Crippen molar-refractivity contribution in [3.8, 4) is 0 Å². The minimum atomic E-state index is -0.653. The Kier molecular flexibility index (Phi) is 4.18. The molecule has 0 spiro atoms. The van der Waals surface area contributed by atoms with Crippen LogP contribution >= 0.6 is 0 Å². The van der Waals surface area contributed by atoms with E-state index in [0.29, 0.717) is 0 Å². The summed E-state index contributed by atoms with van der Waals surface area (Å²) < 4.78 is 11.0. The lowest BCUT2D eigenvalue weighted by Crippen LogP contribution is -2.65. The van der Waals surface area contributed by atoms with Crippen LogP contribution in [0.2, 0.25) is 0 Å². The van der Waals surface area contributed by atoms with Crippen molar-refractivity contribution in [1.82, 2.24) is 10.6 Å². The molecule has 1 aliphatic carbocycles. The molecule has 2 N–H and O–H groups in total. The summed E-state index contributed by atoms with van der Waals surface area (Å²) in [5.41, 5.74) is -0.661. The monoisotopic (exact) mass is 270 g/mol. The topological polar surface area (TPSA) is 59.6 Å². The van der Waals surface area contributed by atoms with E-state index in [-0.39, 0.29) is 23.5 Å². The molecule has 0 radical (unpaired) electrons. The van der Waals surface area contributed by atoms with Crippen LogP contribution in [0, 0.1) is 5.41 Å². The van der Waals surface area contributed by atoms with Gasteiger partial charge in [-0.3, -0.25) is 4.79 Å². The van der Waals surface area contributed by atoms with Gasteiger partial charge >= 0.3 is 0 Å². The van der Waals surface area contributed by atoms with Crippen LogP contribution in [-0.2, 0) is 14.3 Å². The van der Waals surface area contributed by atoms with Crippen LogP contribution in [0.15, 0.2) is 0 Å². The molecule has 0 aromatic rings. The van der Waals surface area contributed by atoms with E-state index in [2.05, 4.69) is 24.5 Å². The van der Waals surface area contributed by atoms with Crippen LogP contribution in [0.5, 0.6) is 0 Å². The van der Waals surface area contributed by atoms with Crippen molar-refractivity contribution < 1.29 is 14.3 Å². The fourth-order valence-electron chi connectivity index (χ4n) is 3.17. The van der Waals surface area contributed by atoms with Crippen LogP contribution < -0.4 is 10.6 Å². The molecule has 0 bridgehead atoms. The van der Waals surface area contributed by atoms with Crippen molar-refractivity contribution in [2.24, 2.45) is 5.41 Å². The van der Waals surface area contributed by atoms with Crippen molar-refractivity contribution in [2.45, 2.75) is 50.9 Å². The predicted octanol–water partition coefficient (Wildman–Crippen LogP) is 0.685. The van der Waals surface area contributed by atoms with E-state index in [1.165, 1.54) is 0 Å². The van der Waals surface area contributed by atoms with Gasteiger partial charge in [0.25, 0.3) is 5.91 Å². The molecule has 2 rings (SSSR count). The van der Waals surface area contributed by atoms with Crippen LogP contribution in [-0.4, -0.2) is 51.0 Å². The molecule has 19 heavy (non-hydrogen) atoms. The zero-order valence-electron chi connectivity index (χ0n) is 12.4. The number of nitrogens with one attached hydrogen (secondary N) is 2. The maximum absolute atomic E-state index is 12.5. The second-order valence-corrected chi connectivity index (χ2v) is 6.26. The van der Waals surface area contributed by atoms with Gasteiger partial charge in [-0.1, -0.05) is 13.8 Å². The lowest BCUT2D eigenvalue weighted by atomic mass is 9.64. The Bertz CT molecular complexity index is 338. The molecular formula is C14H26N2O3. The Morgan fingerprint density at radius 3 is 2.37 bits per heavy atom. The molecule has 2 fully saturated rings. The number of rotatable bonds is 4. The highest BCUT2D eigenvalue weighted by Gasteiger charge is 2.51. The summed E-state index contributed by atoms with van der Waals surface area (Å²) in [5.74, 6) is 0.0316. The SMILES string of the molecule is COC1CC(NC(=O)C2(OC)CCNCC2)C1(C)C. The minimum absolute atomic E-state index is 0.00768. The van der Waals surface area contributed by atoms with Crippen LogP contribution in [0.25, 0.3) is 0 Å². The van der Waals surface area contributed by atoms with Crippen molar-refractivity contribution >= 4 is 5.91 Å². The maximum Gasteiger partial charge on any atom is 0.252 e. The van der Waals surface area contributed by atoms with Gasteiger partial charge in [0.05, 0.1) is 6.10 Å². The number of hydrogen-bond donors (Lipinski definition) is 2. The summed E-state index contributed by atoms with van der Waals surface area (Å²) in [5, 5.41) is 6.42. The summed E-state index contributed by atoms with van der Waals surface area (Å²) >= 11 is 0. The molecule has 1 heterocycles. The Labute approximate surface area is 115 Å². The first-order valence-corrected chi connectivity index (χ1v) is 7.06. The Morgan fingerprint density at radius 2 is 1.89 bits per heavy atom. The number of hydrogen-bond acceptors (Lipinski definition) is 4. The smallest absolute Gasteiger partial charge is 0.252 e. The third-order valence-corrected chi connectivity index (χ3v) is 4.98. The largest absolute Gasteiger partial charge is 0.381 e. The molecule has 1 aliphatic heterocycles. The van der Waals surface area contributed by atoms with Gasteiger partial charge in [-0.2, -0.15) is 0 Å². The first kappa shape index (κ1) is 14.8. The normalized spacial score (nSPS) is 32.4. The van der Waals surface area contributed by atoms with E-state index in [1.54, 1.807) is 14.2 Å².